The van der Waals surface area contributed by atoms with Gasteiger partial charge in [0.15, 0.2) is 11.5 Å². The molecule has 0 saturated heterocycles. The van der Waals surface area contributed by atoms with Gasteiger partial charge in [-0.15, -0.1) is 0 Å². The Morgan fingerprint density at radius 1 is 0.511 bits per heavy atom. The number of hydrogen-bond donors (Lipinski definition) is 2. The molecule has 6 aromatic rings. The van der Waals surface area contributed by atoms with Gasteiger partial charge in [0.1, 0.15) is 47.9 Å². The van der Waals surface area contributed by atoms with Gasteiger partial charge in [-0.05, 0) is 59.7 Å². The fraction of sp³-hybridized carbons (Fsp3) is 0.118. The molecule has 2 heterocycles. The van der Waals surface area contributed by atoms with Crippen molar-refractivity contribution in [2.75, 3.05) is 10.6 Å². The molecule has 2 aromatic heterocycles. The van der Waals surface area contributed by atoms with Gasteiger partial charge in [-0.2, -0.15) is 0 Å². The number of anilines is 2. The van der Waals surface area contributed by atoms with Crippen LogP contribution in [0.3, 0.4) is 0 Å². The number of ether oxygens (including phenoxy) is 1. The van der Waals surface area contributed by atoms with Crippen molar-refractivity contribution in [1.29, 1.82) is 0 Å². The highest BCUT2D eigenvalue weighted by Gasteiger charge is 2.11. The number of nitrogens with one attached hydrogen (secondary N) is 2. The largest absolute Gasteiger partial charge is 0.381 e. The molecule has 0 amide bonds. The maximum atomic E-state index is 13.4. The standard InChI is InChI=1S/C34H26F4N4O3/c35-25-9-21(10-26(36)13-25)17-39-29-5-1-23(2-6-29)33-15-31(44-41-33)19-43-20-32-16-34(42-45-32)24-3-7-30(8-4-24)40-18-22-11-27(37)14-28(38)12-22/h1-16,39-40H,17-20H2. The minimum atomic E-state index is -0.615. The summed E-state index contributed by atoms with van der Waals surface area (Å²) < 4.78 is 70.1. The summed E-state index contributed by atoms with van der Waals surface area (Å²) in [7, 11) is 0. The first-order valence-electron chi connectivity index (χ1n) is 13.9. The summed E-state index contributed by atoms with van der Waals surface area (Å²) in [4.78, 5) is 0. The SMILES string of the molecule is Fc1cc(F)cc(CNc2ccc(-c3cc(COCc4cc(-c5ccc(NCc6cc(F)cc(F)c6)cc5)no4)on3)cc2)c1. The summed E-state index contributed by atoms with van der Waals surface area (Å²) in [6.07, 6.45) is 0. The average Bonchev–Trinajstić information content (AvgIpc) is 3.69. The van der Waals surface area contributed by atoms with Gasteiger partial charge in [0.05, 0.1) is 0 Å². The monoisotopic (exact) mass is 614 g/mol. The summed E-state index contributed by atoms with van der Waals surface area (Å²) >= 11 is 0. The van der Waals surface area contributed by atoms with Crippen molar-refractivity contribution in [2.24, 2.45) is 0 Å². The number of aromatic nitrogens is 2. The Kier molecular flexibility index (Phi) is 8.88. The van der Waals surface area contributed by atoms with E-state index in [0.717, 1.165) is 34.6 Å². The van der Waals surface area contributed by atoms with Gasteiger partial charge in [0.2, 0.25) is 0 Å². The van der Waals surface area contributed by atoms with E-state index in [-0.39, 0.29) is 26.3 Å². The van der Waals surface area contributed by atoms with Crippen molar-refractivity contribution in [1.82, 2.24) is 10.3 Å². The Hall–Kier alpha value is -5.42. The lowest BCUT2D eigenvalue weighted by atomic mass is 10.1. The molecule has 0 aliphatic carbocycles. The molecule has 2 N–H and O–H groups in total. The smallest absolute Gasteiger partial charge is 0.163 e. The van der Waals surface area contributed by atoms with Crippen LogP contribution in [0.15, 0.2) is 106 Å². The highest BCUT2D eigenvalue weighted by Crippen LogP contribution is 2.24. The number of halogens is 4. The fourth-order valence-corrected chi connectivity index (χ4v) is 4.64. The first-order valence-corrected chi connectivity index (χ1v) is 13.9. The molecule has 0 fully saturated rings. The summed E-state index contributed by atoms with van der Waals surface area (Å²) in [6.45, 7) is 0.892. The highest BCUT2D eigenvalue weighted by molar-refractivity contribution is 5.63. The van der Waals surface area contributed by atoms with E-state index in [1.165, 1.54) is 24.3 Å². The van der Waals surface area contributed by atoms with Crippen LogP contribution >= 0.6 is 0 Å². The van der Waals surface area contributed by atoms with Crippen molar-refractivity contribution in [3.63, 3.8) is 0 Å². The highest BCUT2D eigenvalue weighted by atomic mass is 19.1. The minimum absolute atomic E-state index is 0.169. The van der Waals surface area contributed by atoms with Gasteiger partial charge < -0.3 is 24.4 Å². The van der Waals surface area contributed by atoms with Gasteiger partial charge >= 0.3 is 0 Å². The maximum absolute atomic E-state index is 13.4. The Labute approximate surface area is 255 Å². The summed E-state index contributed by atoms with van der Waals surface area (Å²) in [5, 5.41) is 14.5. The van der Waals surface area contributed by atoms with E-state index in [9.17, 15) is 17.6 Å². The van der Waals surface area contributed by atoms with Gasteiger partial charge in [-0.3, -0.25) is 0 Å². The van der Waals surface area contributed by atoms with Crippen LogP contribution in [-0.2, 0) is 31.0 Å². The second-order valence-electron chi connectivity index (χ2n) is 10.3. The lowest BCUT2D eigenvalue weighted by Gasteiger charge is -2.07. The second-order valence-corrected chi connectivity index (χ2v) is 10.3. The van der Waals surface area contributed by atoms with Crippen LogP contribution in [-0.4, -0.2) is 10.3 Å². The van der Waals surface area contributed by atoms with Crippen LogP contribution in [0.25, 0.3) is 22.5 Å². The number of rotatable bonds is 12. The quantitative estimate of drug-likeness (QED) is 0.134. The Morgan fingerprint density at radius 3 is 1.27 bits per heavy atom. The molecule has 0 spiro atoms. The van der Waals surface area contributed by atoms with Crippen LogP contribution in [0.2, 0.25) is 0 Å². The third-order valence-electron chi connectivity index (χ3n) is 6.81. The van der Waals surface area contributed by atoms with E-state index < -0.39 is 23.3 Å². The van der Waals surface area contributed by atoms with E-state index >= 15 is 0 Å². The molecule has 0 bridgehead atoms. The van der Waals surface area contributed by atoms with Crippen molar-refractivity contribution >= 4 is 11.4 Å². The molecule has 11 heteroatoms. The van der Waals surface area contributed by atoms with Gasteiger partial charge in [0, 0.05) is 59.9 Å². The molecule has 0 aliphatic heterocycles. The topological polar surface area (TPSA) is 85.4 Å². The lowest BCUT2D eigenvalue weighted by Crippen LogP contribution is -2.00. The second kappa shape index (κ2) is 13.5. The average molecular weight is 615 g/mol. The molecule has 0 unspecified atom stereocenters. The predicted molar refractivity (Wildman–Crippen MR) is 160 cm³/mol. The zero-order valence-electron chi connectivity index (χ0n) is 23.7. The molecule has 228 valence electrons. The normalized spacial score (nSPS) is 11.1. The molecule has 7 nitrogen and oxygen atoms in total. The number of hydrogen-bond acceptors (Lipinski definition) is 7. The van der Waals surface area contributed by atoms with E-state index in [1.54, 1.807) is 12.1 Å². The van der Waals surface area contributed by atoms with Crippen molar-refractivity contribution in [2.45, 2.75) is 26.3 Å². The Bertz CT molecular complexity index is 1710. The van der Waals surface area contributed by atoms with Crippen LogP contribution in [0, 0.1) is 23.3 Å². The number of benzene rings is 4. The zero-order chi connectivity index (χ0) is 31.2. The van der Waals surface area contributed by atoms with Crippen LogP contribution < -0.4 is 10.6 Å². The summed E-state index contributed by atoms with van der Waals surface area (Å²) in [6, 6.07) is 25.2. The van der Waals surface area contributed by atoms with Crippen LogP contribution in [0.5, 0.6) is 0 Å². The first kappa shape index (κ1) is 29.6. The molecule has 0 saturated carbocycles. The molecule has 0 aliphatic rings. The predicted octanol–water partition coefficient (Wildman–Crippen LogP) is 8.49. The minimum Gasteiger partial charge on any atom is -0.381 e. The molecule has 4 aromatic carbocycles. The fourth-order valence-electron chi connectivity index (χ4n) is 4.64. The first-order chi connectivity index (χ1) is 21.9. The van der Waals surface area contributed by atoms with Gasteiger partial charge in [-0.25, -0.2) is 17.6 Å². The molecule has 45 heavy (non-hydrogen) atoms. The third kappa shape index (κ3) is 7.95. The molecule has 0 radical (unpaired) electrons. The van der Waals surface area contributed by atoms with E-state index in [1.807, 2.05) is 48.5 Å². The molecular weight excluding hydrogens is 588 g/mol. The Morgan fingerprint density at radius 2 is 0.889 bits per heavy atom. The molecule has 0 atom stereocenters. The van der Waals surface area contributed by atoms with Crippen molar-refractivity contribution in [3.8, 4) is 22.5 Å². The zero-order valence-corrected chi connectivity index (χ0v) is 23.7. The van der Waals surface area contributed by atoms with E-state index in [0.29, 0.717) is 34.0 Å². The number of nitrogens with zero attached hydrogens (tertiary/aromatic N) is 2. The molecule has 6 rings (SSSR count). The van der Waals surface area contributed by atoms with Gasteiger partial charge in [0.25, 0.3) is 0 Å². The molecular formula is C34H26F4N4O3. The third-order valence-corrected chi connectivity index (χ3v) is 6.81. The van der Waals surface area contributed by atoms with Gasteiger partial charge in [-0.1, -0.05) is 34.6 Å². The van der Waals surface area contributed by atoms with Crippen LogP contribution in [0.4, 0.5) is 28.9 Å². The lowest BCUT2D eigenvalue weighted by molar-refractivity contribution is 0.0727. The van der Waals surface area contributed by atoms with Crippen LogP contribution in [0.1, 0.15) is 22.6 Å². The van der Waals surface area contributed by atoms with E-state index in [2.05, 4.69) is 20.9 Å². The van der Waals surface area contributed by atoms with E-state index in [4.69, 9.17) is 13.8 Å². The Balaban J connectivity index is 0.964. The maximum Gasteiger partial charge on any atom is 0.163 e. The summed E-state index contributed by atoms with van der Waals surface area (Å²) in [5.41, 5.74) is 5.50. The summed E-state index contributed by atoms with van der Waals surface area (Å²) in [5.74, 6) is -1.40. The van der Waals surface area contributed by atoms with Crippen molar-refractivity contribution < 1.29 is 31.3 Å². The van der Waals surface area contributed by atoms with Crippen molar-refractivity contribution in [3.05, 3.63) is 143 Å².